The van der Waals surface area contributed by atoms with Crippen LogP contribution in [0.3, 0.4) is 0 Å². The molecule has 0 aliphatic carbocycles. The van der Waals surface area contributed by atoms with E-state index in [9.17, 15) is 23.5 Å². The number of ketones is 1. The van der Waals surface area contributed by atoms with Crippen molar-refractivity contribution in [3.05, 3.63) is 70.8 Å². The molecule has 3 rings (SSSR count). The Morgan fingerprint density at radius 1 is 1.16 bits per heavy atom. The van der Waals surface area contributed by atoms with Crippen molar-refractivity contribution in [2.75, 3.05) is 34.3 Å². The Labute approximate surface area is 179 Å². The maximum absolute atomic E-state index is 14.2. The molecule has 1 aliphatic heterocycles. The Balaban J connectivity index is 2.11. The normalized spacial score (nSPS) is 18.1. The van der Waals surface area contributed by atoms with Gasteiger partial charge in [0.1, 0.15) is 11.6 Å². The van der Waals surface area contributed by atoms with Gasteiger partial charge in [-0.2, -0.15) is 0 Å². The molecule has 1 heterocycles. The molecule has 0 aromatic heterocycles. The standard InChI is InChI=1S/C23H24F2N2O4/c1-26(2)10-5-11-27-20(14-6-4-7-16(24)12-14)19(22(29)23(27)30)21(28)15-8-9-18(31-3)17(25)13-15/h4,6-9,12-13,20,28H,5,10-11H2,1-3H3/t20-/m1/s1. The number of amides is 1. The molecule has 0 spiro atoms. The van der Waals surface area contributed by atoms with Crippen molar-refractivity contribution in [1.82, 2.24) is 9.80 Å². The molecule has 0 saturated carbocycles. The second-order valence-electron chi connectivity index (χ2n) is 7.55. The van der Waals surface area contributed by atoms with E-state index in [1.165, 1.54) is 42.3 Å². The van der Waals surface area contributed by atoms with Crippen molar-refractivity contribution in [1.29, 1.82) is 0 Å². The van der Waals surface area contributed by atoms with Crippen LogP contribution in [0, 0.1) is 11.6 Å². The summed E-state index contributed by atoms with van der Waals surface area (Å²) in [7, 11) is 5.08. The largest absolute Gasteiger partial charge is 0.507 e. The van der Waals surface area contributed by atoms with E-state index in [0.29, 0.717) is 18.5 Å². The number of likely N-dealkylation sites (tertiary alicyclic amines) is 1. The summed E-state index contributed by atoms with van der Waals surface area (Å²) in [6.07, 6.45) is 0.572. The number of methoxy groups -OCH3 is 1. The van der Waals surface area contributed by atoms with Gasteiger partial charge < -0.3 is 19.6 Å². The van der Waals surface area contributed by atoms with E-state index in [0.717, 1.165) is 6.07 Å². The van der Waals surface area contributed by atoms with Crippen LogP contribution in [-0.2, 0) is 9.59 Å². The van der Waals surface area contributed by atoms with Gasteiger partial charge in [0.15, 0.2) is 11.6 Å². The molecular formula is C23H24F2N2O4. The molecule has 0 radical (unpaired) electrons. The predicted molar refractivity (Wildman–Crippen MR) is 112 cm³/mol. The minimum Gasteiger partial charge on any atom is -0.507 e. The van der Waals surface area contributed by atoms with E-state index < -0.39 is 35.1 Å². The number of aliphatic hydroxyl groups is 1. The Kier molecular flexibility index (Phi) is 6.70. The fourth-order valence-electron chi connectivity index (χ4n) is 3.66. The maximum Gasteiger partial charge on any atom is 0.295 e. The third-order valence-electron chi connectivity index (χ3n) is 5.13. The molecule has 1 amide bonds. The average molecular weight is 430 g/mol. The zero-order valence-corrected chi connectivity index (χ0v) is 17.6. The summed E-state index contributed by atoms with van der Waals surface area (Å²) in [5, 5.41) is 10.9. The number of benzene rings is 2. The fraction of sp³-hybridized carbons (Fsp3) is 0.304. The Hall–Kier alpha value is -3.26. The summed E-state index contributed by atoms with van der Waals surface area (Å²) >= 11 is 0. The average Bonchev–Trinajstić information content (AvgIpc) is 2.98. The third-order valence-corrected chi connectivity index (χ3v) is 5.13. The quantitative estimate of drug-likeness (QED) is 0.415. The molecule has 1 atom stereocenters. The molecule has 8 heteroatoms. The number of carbonyl (C=O) groups excluding carboxylic acids is 2. The molecule has 1 saturated heterocycles. The van der Waals surface area contributed by atoms with Crippen LogP contribution in [0.2, 0.25) is 0 Å². The lowest BCUT2D eigenvalue weighted by atomic mass is 9.95. The monoisotopic (exact) mass is 430 g/mol. The molecule has 164 valence electrons. The Morgan fingerprint density at radius 2 is 1.90 bits per heavy atom. The topological polar surface area (TPSA) is 70.1 Å². The van der Waals surface area contributed by atoms with E-state index in [-0.39, 0.29) is 23.4 Å². The van der Waals surface area contributed by atoms with Crippen LogP contribution in [0.1, 0.15) is 23.6 Å². The maximum atomic E-state index is 14.2. The number of halogens is 2. The van der Waals surface area contributed by atoms with Crippen LogP contribution in [0.4, 0.5) is 8.78 Å². The third kappa shape index (κ3) is 4.59. The summed E-state index contributed by atoms with van der Waals surface area (Å²) in [4.78, 5) is 28.9. The minimum absolute atomic E-state index is 0.0194. The van der Waals surface area contributed by atoms with Crippen molar-refractivity contribution in [2.45, 2.75) is 12.5 Å². The minimum atomic E-state index is -0.983. The van der Waals surface area contributed by atoms with Crippen LogP contribution in [0.15, 0.2) is 48.0 Å². The molecule has 6 nitrogen and oxygen atoms in total. The van der Waals surface area contributed by atoms with Gasteiger partial charge in [-0.25, -0.2) is 8.78 Å². The Bertz CT molecular complexity index is 1040. The summed E-state index contributed by atoms with van der Waals surface area (Å²) in [6.45, 7) is 0.903. The first-order valence-electron chi connectivity index (χ1n) is 9.77. The first kappa shape index (κ1) is 22.4. The van der Waals surface area contributed by atoms with Crippen molar-refractivity contribution in [3.63, 3.8) is 0 Å². The van der Waals surface area contributed by atoms with Crippen LogP contribution >= 0.6 is 0 Å². The van der Waals surface area contributed by atoms with Crippen molar-refractivity contribution >= 4 is 17.4 Å². The van der Waals surface area contributed by atoms with Crippen LogP contribution < -0.4 is 4.74 Å². The zero-order chi connectivity index (χ0) is 22.7. The number of hydrogen-bond acceptors (Lipinski definition) is 5. The van der Waals surface area contributed by atoms with Crippen molar-refractivity contribution < 1.29 is 28.2 Å². The number of ether oxygens (including phenoxy) is 1. The van der Waals surface area contributed by atoms with Crippen LogP contribution in [-0.4, -0.2) is 60.9 Å². The van der Waals surface area contributed by atoms with Gasteiger partial charge in [-0.15, -0.1) is 0 Å². The first-order chi connectivity index (χ1) is 14.7. The number of rotatable bonds is 7. The van der Waals surface area contributed by atoms with E-state index in [1.807, 2.05) is 19.0 Å². The fourth-order valence-corrected chi connectivity index (χ4v) is 3.66. The van der Waals surface area contributed by atoms with E-state index in [4.69, 9.17) is 4.74 Å². The summed E-state index contributed by atoms with van der Waals surface area (Å²) in [6, 6.07) is 8.27. The first-order valence-corrected chi connectivity index (χ1v) is 9.77. The molecule has 1 N–H and O–H groups in total. The second-order valence-corrected chi connectivity index (χ2v) is 7.55. The SMILES string of the molecule is COc1ccc(C(O)=C2C(=O)C(=O)N(CCCN(C)C)[C@@H]2c2cccc(F)c2)cc1F. The van der Waals surface area contributed by atoms with E-state index in [2.05, 4.69) is 0 Å². The van der Waals surface area contributed by atoms with E-state index >= 15 is 0 Å². The molecule has 1 aliphatic rings. The van der Waals surface area contributed by atoms with Crippen LogP contribution in [0.5, 0.6) is 5.75 Å². The number of carbonyl (C=O) groups is 2. The van der Waals surface area contributed by atoms with Crippen molar-refractivity contribution in [2.24, 2.45) is 0 Å². The predicted octanol–water partition coefficient (Wildman–Crippen LogP) is 3.35. The lowest BCUT2D eigenvalue weighted by molar-refractivity contribution is -0.139. The molecule has 31 heavy (non-hydrogen) atoms. The number of nitrogens with zero attached hydrogens (tertiary/aromatic N) is 2. The van der Waals surface area contributed by atoms with Gasteiger partial charge in [-0.1, -0.05) is 12.1 Å². The number of Topliss-reactive ketones (excluding diaryl/α,β-unsaturated/α-hetero) is 1. The van der Waals surface area contributed by atoms with Crippen LogP contribution in [0.25, 0.3) is 5.76 Å². The van der Waals surface area contributed by atoms with E-state index in [1.54, 1.807) is 6.07 Å². The highest BCUT2D eigenvalue weighted by Crippen LogP contribution is 2.40. The zero-order valence-electron chi connectivity index (χ0n) is 17.6. The number of aliphatic hydroxyl groups excluding tert-OH is 1. The van der Waals surface area contributed by atoms with Gasteiger partial charge >= 0.3 is 0 Å². The molecule has 0 unspecified atom stereocenters. The smallest absolute Gasteiger partial charge is 0.295 e. The lowest BCUT2D eigenvalue weighted by Gasteiger charge is -2.26. The van der Waals surface area contributed by atoms with Gasteiger partial charge in [0.2, 0.25) is 0 Å². The summed E-state index contributed by atoms with van der Waals surface area (Å²) in [5.74, 6) is -3.50. The van der Waals surface area contributed by atoms with Gasteiger partial charge in [0.05, 0.1) is 18.7 Å². The molecule has 2 aromatic rings. The highest BCUT2D eigenvalue weighted by molar-refractivity contribution is 6.46. The van der Waals surface area contributed by atoms with Gasteiger partial charge in [-0.3, -0.25) is 9.59 Å². The molecule has 1 fully saturated rings. The lowest BCUT2D eigenvalue weighted by Crippen LogP contribution is -2.32. The second kappa shape index (κ2) is 9.26. The molecule has 2 aromatic carbocycles. The van der Waals surface area contributed by atoms with Crippen molar-refractivity contribution in [3.8, 4) is 5.75 Å². The highest BCUT2D eigenvalue weighted by Gasteiger charge is 2.45. The molecular weight excluding hydrogens is 406 g/mol. The number of hydrogen-bond donors (Lipinski definition) is 1. The van der Waals surface area contributed by atoms with Gasteiger partial charge in [0, 0.05) is 12.1 Å². The van der Waals surface area contributed by atoms with Gasteiger partial charge in [-0.05, 0) is 63.0 Å². The summed E-state index contributed by atoms with van der Waals surface area (Å²) in [5.41, 5.74) is 0.163. The highest BCUT2D eigenvalue weighted by atomic mass is 19.1. The molecule has 0 bridgehead atoms. The van der Waals surface area contributed by atoms with Gasteiger partial charge in [0.25, 0.3) is 11.7 Å². The Morgan fingerprint density at radius 3 is 2.52 bits per heavy atom. The summed E-state index contributed by atoms with van der Waals surface area (Å²) < 4.78 is 33.0.